The van der Waals surface area contributed by atoms with Crippen LogP contribution in [-0.4, -0.2) is 29.9 Å². The summed E-state index contributed by atoms with van der Waals surface area (Å²) in [6, 6.07) is 7.02. The van der Waals surface area contributed by atoms with Crippen LogP contribution in [0.15, 0.2) is 30.5 Å². The minimum atomic E-state index is -0.928. The van der Waals surface area contributed by atoms with Crippen LogP contribution in [0.2, 0.25) is 0 Å². The van der Waals surface area contributed by atoms with Gasteiger partial charge in [-0.05, 0) is 24.6 Å². The summed E-state index contributed by atoms with van der Waals surface area (Å²) in [5.74, 6) is 0.420. The highest BCUT2D eigenvalue weighted by molar-refractivity contribution is 5.89. The Morgan fingerprint density at radius 1 is 1.25 bits per heavy atom. The number of carbonyl (C=O) groups is 1. The summed E-state index contributed by atoms with van der Waals surface area (Å²) < 4.78 is 12.4. The summed E-state index contributed by atoms with van der Waals surface area (Å²) in [4.78, 5) is 11.2. The van der Waals surface area contributed by atoms with Gasteiger partial charge in [0.15, 0.2) is 0 Å². The molecule has 1 aromatic carbocycles. The van der Waals surface area contributed by atoms with E-state index in [4.69, 9.17) is 9.47 Å². The molecule has 106 valence electrons. The average Bonchev–Trinajstić information content (AvgIpc) is 2.90. The van der Waals surface area contributed by atoms with Gasteiger partial charge in [0.1, 0.15) is 11.5 Å². The summed E-state index contributed by atoms with van der Waals surface area (Å²) in [7, 11) is 3.17. The second kappa shape index (κ2) is 5.69. The zero-order valence-electron chi connectivity index (χ0n) is 11.7. The molecule has 0 unspecified atom stereocenters. The number of methoxy groups -OCH3 is 2. The van der Waals surface area contributed by atoms with Crippen LogP contribution >= 0.6 is 0 Å². The average molecular weight is 275 g/mol. The second-order valence-corrected chi connectivity index (χ2v) is 4.24. The highest BCUT2D eigenvalue weighted by atomic mass is 16.5. The van der Waals surface area contributed by atoms with E-state index < -0.39 is 5.97 Å². The highest BCUT2D eigenvalue weighted by Crippen LogP contribution is 2.30. The van der Waals surface area contributed by atoms with Crippen LogP contribution in [0.25, 0.3) is 5.69 Å². The van der Waals surface area contributed by atoms with Crippen LogP contribution in [0, 0.1) is 0 Å². The van der Waals surface area contributed by atoms with Crippen molar-refractivity contribution in [2.45, 2.75) is 13.3 Å². The van der Waals surface area contributed by atoms with Gasteiger partial charge in [0.05, 0.1) is 25.5 Å². The van der Waals surface area contributed by atoms with Crippen LogP contribution < -0.4 is 9.47 Å². The third-order valence-corrected chi connectivity index (χ3v) is 3.20. The van der Waals surface area contributed by atoms with Gasteiger partial charge < -0.3 is 19.1 Å². The zero-order chi connectivity index (χ0) is 14.7. The standard InChI is InChI=1S/C15H17NO4/c1-4-12-11(15(17)18)7-8-16(12)13-9-10(19-2)5-6-14(13)20-3/h5-9H,4H2,1-3H3,(H,17,18). The van der Waals surface area contributed by atoms with Crippen LogP contribution in [-0.2, 0) is 6.42 Å². The summed E-state index contributed by atoms with van der Waals surface area (Å²) in [6.07, 6.45) is 2.34. The fraction of sp³-hybridized carbons (Fsp3) is 0.267. The van der Waals surface area contributed by atoms with E-state index in [9.17, 15) is 9.90 Å². The lowest BCUT2D eigenvalue weighted by Crippen LogP contribution is -2.05. The van der Waals surface area contributed by atoms with Crippen LogP contribution in [0.1, 0.15) is 23.0 Å². The highest BCUT2D eigenvalue weighted by Gasteiger charge is 2.17. The molecular weight excluding hydrogens is 258 g/mol. The zero-order valence-corrected chi connectivity index (χ0v) is 11.7. The number of ether oxygens (including phenoxy) is 2. The number of nitrogens with zero attached hydrogens (tertiary/aromatic N) is 1. The molecule has 1 N–H and O–H groups in total. The molecule has 0 saturated heterocycles. The summed E-state index contributed by atoms with van der Waals surface area (Å²) >= 11 is 0. The molecule has 0 fully saturated rings. The van der Waals surface area contributed by atoms with Gasteiger partial charge in [-0.1, -0.05) is 6.92 Å². The van der Waals surface area contributed by atoms with E-state index in [2.05, 4.69) is 0 Å². The van der Waals surface area contributed by atoms with Gasteiger partial charge in [0.2, 0.25) is 0 Å². The van der Waals surface area contributed by atoms with Crippen molar-refractivity contribution in [3.8, 4) is 17.2 Å². The summed E-state index contributed by atoms with van der Waals surface area (Å²) in [6.45, 7) is 1.92. The molecule has 5 heteroatoms. The van der Waals surface area contributed by atoms with E-state index in [1.807, 2.05) is 17.6 Å². The van der Waals surface area contributed by atoms with Crippen molar-refractivity contribution >= 4 is 5.97 Å². The van der Waals surface area contributed by atoms with E-state index in [1.165, 1.54) is 0 Å². The minimum absolute atomic E-state index is 0.303. The van der Waals surface area contributed by atoms with Crippen molar-refractivity contribution in [2.75, 3.05) is 14.2 Å². The third kappa shape index (κ3) is 2.34. The molecule has 5 nitrogen and oxygen atoms in total. The van der Waals surface area contributed by atoms with Gasteiger partial charge >= 0.3 is 5.97 Å². The van der Waals surface area contributed by atoms with Gasteiger partial charge in [-0.2, -0.15) is 0 Å². The first-order chi connectivity index (χ1) is 9.62. The fourth-order valence-electron chi connectivity index (χ4n) is 2.23. The maximum absolute atomic E-state index is 11.2. The van der Waals surface area contributed by atoms with Crippen molar-refractivity contribution in [3.63, 3.8) is 0 Å². The molecule has 0 aliphatic rings. The molecule has 0 saturated carbocycles. The van der Waals surface area contributed by atoms with Crippen molar-refractivity contribution in [3.05, 3.63) is 41.7 Å². The van der Waals surface area contributed by atoms with Gasteiger partial charge in [-0.25, -0.2) is 4.79 Å². The SMILES string of the molecule is CCc1c(C(=O)O)ccn1-c1cc(OC)ccc1OC. The van der Waals surface area contributed by atoms with Gasteiger partial charge in [0.25, 0.3) is 0 Å². The van der Waals surface area contributed by atoms with Crippen molar-refractivity contribution < 1.29 is 19.4 Å². The summed E-state index contributed by atoms with van der Waals surface area (Å²) in [5, 5.41) is 9.21. The number of carboxylic acid groups (broad SMARTS) is 1. The van der Waals surface area contributed by atoms with E-state index >= 15 is 0 Å². The summed E-state index contributed by atoms with van der Waals surface area (Å²) in [5.41, 5.74) is 1.79. The second-order valence-electron chi connectivity index (χ2n) is 4.24. The molecule has 1 aromatic heterocycles. The molecule has 2 rings (SSSR count). The van der Waals surface area contributed by atoms with E-state index in [0.717, 1.165) is 11.4 Å². The van der Waals surface area contributed by atoms with Crippen molar-refractivity contribution in [2.24, 2.45) is 0 Å². The Bertz CT molecular complexity index is 631. The fourth-order valence-corrected chi connectivity index (χ4v) is 2.23. The maximum atomic E-state index is 11.2. The first-order valence-corrected chi connectivity index (χ1v) is 6.28. The lowest BCUT2D eigenvalue weighted by molar-refractivity contribution is 0.0695. The lowest BCUT2D eigenvalue weighted by atomic mass is 10.2. The predicted molar refractivity (Wildman–Crippen MR) is 75.2 cm³/mol. The van der Waals surface area contributed by atoms with Gasteiger partial charge in [0, 0.05) is 18.0 Å². The quantitative estimate of drug-likeness (QED) is 0.911. The molecule has 0 atom stereocenters. The Morgan fingerprint density at radius 3 is 2.55 bits per heavy atom. The molecule has 0 bridgehead atoms. The van der Waals surface area contributed by atoms with E-state index in [0.29, 0.717) is 23.5 Å². The Morgan fingerprint density at radius 2 is 2.00 bits per heavy atom. The Hall–Kier alpha value is -2.43. The largest absolute Gasteiger partial charge is 0.497 e. The molecule has 0 aliphatic carbocycles. The third-order valence-electron chi connectivity index (χ3n) is 3.20. The van der Waals surface area contributed by atoms with Gasteiger partial charge in [-0.3, -0.25) is 0 Å². The molecule has 0 spiro atoms. The monoisotopic (exact) mass is 275 g/mol. The normalized spacial score (nSPS) is 10.3. The van der Waals surface area contributed by atoms with Crippen LogP contribution in [0.4, 0.5) is 0 Å². The number of rotatable bonds is 5. The first kappa shape index (κ1) is 14.0. The molecule has 0 aliphatic heterocycles. The predicted octanol–water partition coefficient (Wildman–Crippen LogP) is 2.76. The molecule has 0 amide bonds. The molecule has 2 aromatic rings. The number of benzene rings is 1. The van der Waals surface area contributed by atoms with Crippen molar-refractivity contribution in [1.82, 2.24) is 4.57 Å². The Balaban J connectivity index is 2.64. The maximum Gasteiger partial charge on any atom is 0.337 e. The molecule has 1 heterocycles. The van der Waals surface area contributed by atoms with Gasteiger partial charge in [-0.15, -0.1) is 0 Å². The van der Waals surface area contributed by atoms with Crippen LogP contribution in [0.3, 0.4) is 0 Å². The van der Waals surface area contributed by atoms with E-state index in [1.54, 1.807) is 38.6 Å². The number of aromatic carboxylic acids is 1. The molecule has 0 radical (unpaired) electrons. The van der Waals surface area contributed by atoms with Crippen LogP contribution in [0.5, 0.6) is 11.5 Å². The van der Waals surface area contributed by atoms with Crippen molar-refractivity contribution in [1.29, 1.82) is 0 Å². The Kier molecular flexibility index (Phi) is 3.98. The number of hydrogen-bond donors (Lipinski definition) is 1. The van der Waals surface area contributed by atoms with E-state index in [-0.39, 0.29) is 0 Å². The number of aromatic nitrogens is 1. The molecular formula is C15H17NO4. The number of carboxylic acids is 1. The smallest absolute Gasteiger partial charge is 0.337 e. The lowest BCUT2D eigenvalue weighted by Gasteiger charge is -2.14. The first-order valence-electron chi connectivity index (χ1n) is 6.28. The molecule has 20 heavy (non-hydrogen) atoms. The Labute approximate surface area is 117 Å². The number of hydrogen-bond acceptors (Lipinski definition) is 3. The minimum Gasteiger partial charge on any atom is -0.497 e. The topological polar surface area (TPSA) is 60.7 Å².